The van der Waals surface area contributed by atoms with E-state index in [2.05, 4.69) is 31.4 Å². The molecule has 0 aliphatic carbocycles. The fraction of sp³-hybridized carbons (Fsp3) is 0.667. The van der Waals surface area contributed by atoms with Gasteiger partial charge in [-0.25, -0.2) is 4.79 Å². The Bertz CT molecular complexity index is 746. The fourth-order valence-electron chi connectivity index (χ4n) is 3.23. The summed E-state index contributed by atoms with van der Waals surface area (Å²) in [6, 6.07) is 6.69. The maximum absolute atomic E-state index is 13.1. The van der Waals surface area contributed by atoms with Gasteiger partial charge in [0.1, 0.15) is 11.6 Å². The molecule has 1 atom stereocenters. The van der Waals surface area contributed by atoms with Gasteiger partial charge in [-0.1, -0.05) is 0 Å². The molecule has 0 fully saturated rings. The van der Waals surface area contributed by atoms with Gasteiger partial charge in [0.05, 0.1) is 27.7 Å². The first-order valence-corrected chi connectivity index (χ1v) is 12.4. The molecule has 7 nitrogen and oxygen atoms in total. The topological polar surface area (TPSA) is 61.9 Å². The lowest BCUT2D eigenvalue weighted by Crippen LogP contribution is -3.00. The third kappa shape index (κ3) is 12.1. The number of ether oxygens (including phenoxy) is 1. The molecular weight excluding hydrogens is 590 g/mol. The Morgan fingerprint density at radius 2 is 1.53 bits per heavy atom. The molecule has 0 saturated carbocycles. The molecule has 0 aliphatic rings. The minimum absolute atomic E-state index is 0. The largest absolute Gasteiger partial charge is 1.00 e. The summed E-state index contributed by atoms with van der Waals surface area (Å²) >= 11 is 11.8. The summed E-state index contributed by atoms with van der Waals surface area (Å²) in [7, 11) is 6.33. The van der Waals surface area contributed by atoms with E-state index in [0.717, 1.165) is 23.1 Å². The number of quaternary nitrogens is 1. The summed E-state index contributed by atoms with van der Waals surface area (Å²) in [6.07, 6.45) is 0.280. The molecule has 196 valence electrons. The van der Waals surface area contributed by atoms with Crippen LogP contribution in [0.1, 0.15) is 34.1 Å². The number of benzene rings is 1. The van der Waals surface area contributed by atoms with Crippen LogP contribution in [-0.4, -0.2) is 87.2 Å². The maximum Gasteiger partial charge on any atom is 0.415 e. The summed E-state index contributed by atoms with van der Waals surface area (Å²) in [6.45, 7) is 9.93. The minimum Gasteiger partial charge on any atom is -1.00 e. The molecule has 2 amide bonds. The highest BCUT2D eigenvalue weighted by Gasteiger charge is 2.31. The number of carbonyl (C=O) groups is 2. The molecule has 0 radical (unpaired) electrons. The number of amides is 2. The Kier molecular flexibility index (Phi) is 14.8. The summed E-state index contributed by atoms with van der Waals surface area (Å²) in [5.41, 5.74) is 0.841. The predicted molar refractivity (Wildman–Crippen MR) is 139 cm³/mol. The second-order valence-corrected chi connectivity index (χ2v) is 10.8. The number of rotatable bonds is 12. The van der Waals surface area contributed by atoms with Crippen LogP contribution in [-0.2, 0) is 9.53 Å². The van der Waals surface area contributed by atoms with Crippen molar-refractivity contribution in [2.24, 2.45) is 0 Å². The molecule has 0 spiro atoms. The maximum atomic E-state index is 13.1. The van der Waals surface area contributed by atoms with Crippen molar-refractivity contribution >= 4 is 46.6 Å². The van der Waals surface area contributed by atoms with Gasteiger partial charge in [0.25, 0.3) is 0 Å². The molecule has 1 aromatic carbocycles. The Labute approximate surface area is 232 Å². The Hall–Kier alpha value is -0.970. The van der Waals surface area contributed by atoms with Crippen molar-refractivity contribution in [3.05, 3.63) is 24.3 Å². The third-order valence-electron chi connectivity index (χ3n) is 4.86. The molecule has 10 heteroatoms. The molecule has 0 aliphatic heterocycles. The van der Waals surface area contributed by atoms with E-state index in [9.17, 15) is 9.59 Å². The van der Waals surface area contributed by atoms with E-state index in [1.807, 2.05) is 24.3 Å². The standard InChI is InChI=1S/C24H40Cl2N4O3.HI/c1-19(22(31)27-15-8-18-30(5,6)7)29(23(32)33-24(2,3)4)21-11-9-20(10-12-21)28(16-13-25)17-14-26;/h9-12,19H,8,13-18H2,1-7H3;1H/t19-;/m0./s1. The van der Waals surface area contributed by atoms with Crippen molar-refractivity contribution in [1.29, 1.82) is 0 Å². The molecule has 0 saturated heterocycles. The summed E-state index contributed by atoms with van der Waals surface area (Å²) in [5, 5.41) is 2.95. The van der Waals surface area contributed by atoms with E-state index < -0.39 is 17.7 Å². The van der Waals surface area contributed by atoms with Crippen LogP contribution in [0, 0.1) is 0 Å². The summed E-state index contributed by atoms with van der Waals surface area (Å²) in [5.74, 6) is 0.735. The van der Waals surface area contributed by atoms with Crippen molar-refractivity contribution in [2.45, 2.75) is 45.8 Å². The SMILES string of the molecule is C[C@@H](C(=O)NCCC[N+](C)(C)C)N(C(=O)OC(C)(C)C)c1ccc(N(CCCl)CCCl)cc1.[I-]. The zero-order chi connectivity index (χ0) is 25.2. The van der Waals surface area contributed by atoms with Gasteiger partial charge < -0.3 is 43.4 Å². The van der Waals surface area contributed by atoms with Gasteiger partial charge in [0.2, 0.25) is 5.91 Å². The third-order valence-corrected chi connectivity index (χ3v) is 5.20. The van der Waals surface area contributed by atoms with E-state index in [-0.39, 0.29) is 29.9 Å². The van der Waals surface area contributed by atoms with Gasteiger partial charge in [0, 0.05) is 49.2 Å². The van der Waals surface area contributed by atoms with Gasteiger partial charge in [-0.15, -0.1) is 23.2 Å². The Morgan fingerprint density at radius 3 is 1.97 bits per heavy atom. The number of carbonyl (C=O) groups excluding carboxylic acids is 2. The normalized spacial score (nSPS) is 12.4. The smallest absolute Gasteiger partial charge is 0.415 e. The highest BCUT2D eigenvalue weighted by atomic mass is 127. The lowest BCUT2D eigenvalue weighted by atomic mass is 10.2. The Balaban J connectivity index is 0.0000109. The zero-order valence-electron chi connectivity index (χ0n) is 21.5. The van der Waals surface area contributed by atoms with Crippen molar-refractivity contribution in [2.75, 3.05) is 68.9 Å². The first-order valence-electron chi connectivity index (χ1n) is 11.4. The van der Waals surface area contributed by atoms with Crippen LogP contribution in [0.15, 0.2) is 24.3 Å². The summed E-state index contributed by atoms with van der Waals surface area (Å²) in [4.78, 5) is 29.4. The molecule has 0 heterocycles. The number of nitrogens with one attached hydrogen (secondary N) is 1. The van der Waals surface area contributed by atoms with Gasteiger partial charge in [-0.2, -0.15) is 0 Å². The Morgan fingerprint density at radius 1 is 1.03 bits per heavy atom. The number of hydrogen-bond acceptors (Lipinski definition) is 4. The first-order chi connectivity index (χ1) is 15.3. The lowest BCUT2D eigenvalue weighted by Gasteiger charge is -2.32. The first kappa shape index (κ1) is 33.0. The highest BCUT2D eigenvalue weighted by molar-refractivity contribution is 6.18. The van der Waals surface area contributed by atoms with Crippen molar-refractivity contribution in [3.8, 4) is 0 Å². The van der Waals surface area contributed by atoms with E-state index in [1.165, 1.54) is 4.90 Å². The van der Waals surface area contributed by atoms with Gasteiger partial charge >= 0.3 is 6.09 Å². The van der Waals surface area contributed by atoms with E-state index in [4.69, 9.17) is 27.9 Å². The highest BCUT2D eigenvalue weighted by Crippen LogP contribution is 2.25. The molecule has 1 N–H and O–H groups in total. The molecular formula is C24H41Cl2IN4O3. The second kappa shape index (κ2) is 15.2. The van der Waals surface area contributed by atoms with Crippen LogP contribution in [0.4, 0.5) is 16.2 Å². The number of hydrogen-bond donors (Lipinski definition) is 1. The van der Waals surface area contributed by atoms with Gasteiger partial charge in [0.15, 0.2) is 0 Å². The number of anilines is 2. The quantitative estimate of drug-likeness (QED) is 0.164. The molecule has 0 aromatic heterocycles. The average Bonchev–Trinajstić information content (AvgIpc) is 2.69. The predicted octanol–water partition coefficient (Wildman–Crippen LogP) is 1.32. The fourth-order valence-corrected chi connectivity index (χ4v) is 3.63. The van der Waals surface area contributed by atoms with Crippen molar-refractivity contribution < 1.29 is 42.8 Å². The van der Waals surface area contributed by atoms with Crippen LogP contribution in [0.2, 0.25) is 0 Å². The van der Waals surface area contributed by atoms with E-state index in [1.54, 1.807) is 27.7 Å². The van der Waals surface area contributed by atoms with Crippen LogP contribution in [0.5, 0.6) is 0 Å². The minimum atomic E-state index is -0.739. The van der Waals surface area contributed by atoms with Crippen molar-refractivity contribution in [1.82, 2.24) is 5.32 Å². The average molecular weight is 631 g/mol. The van der Waals surface area contributed by atoms with Gasteiger partial charge in [-0.05, 0) is 52.0 Å². The molecule has 1 rings (SSSR count). The molecule has 0 bridgehead atoms. The number of nitrogens with zero attached hydrogens (tertiary/aromatic N) is 3. The van der Waals surface area contributed by atoms with E-state index >= 15 is 0 Å². The molecule has 0 unspecified atom stereocenters. The summed E-state index contributed by atoms with van der Waals surface area (Å²) < 4.78 is 6.44. The monoisotopic (exact) mass is 630 g/mol. The number of halogens is 3. The molecule has 1 aromatic rings. The molecule has 34 heavy (non-hydrogen) atoms. The number of alkyl halides is 2. The van der Waals surface area contributed by atoms with Crippen LogP contribution < -0.4 is 39.1 Å². The zero-order valence-corrected chi connectivity index (χ0v) is 25.2. The van der Waals surface area contributed by atoms with Crippen LogP contribution in [0.25, 0.3) is 0 Å². The second-order valence-electron chi connectivity index (χ2n) is 10.1. The van der Waals surface area contributed by atoms with Crippen molar-refractivity contribution in [3.63, 3.8) is 0 Å². The lowest BCUT2D eigenvalue weighted by molar-refractivity contribution is -0.870. The van der Waals surface area contributed by atoms with Gasteiger partial charge in [-0.3, -0.25) is 9.69 Å². The van der Waals surface area contributed by atoms with Crippen LogP contribution in [0.3, 0.4) is 0 Å². The van der Waals surface area contributed by atoms with Crippen LogP contribution >= 0.6 is 23.2 Å². The van der Waals surface area contributed by atoms with E-state index in [0.29, 0.717) is 37.1 Å².